The number of esters is 1. The Labute approximate surface area is 219 Å². The molecule has 3 rings (SSSR count). The Balaban J connectivity index is 1.86. The second-order valence-corrected chi connectivity index (χ2v) is 8.02. The first kappa shape index (κ1) is 28.3. The molecule has 204 valence electrons. The molecule has 2 aromatic heterocycles. The van der Waals surface area contributed by atoms with E-state index in [1.165, 1.54) is 36.0 Å². The van der Waals surface area contributed by atoms with Gasteiger partial charge in [0, 0.05) is 30.9 Å². The van der Waals surface area contributed by atoms with E-state index in [0.717, 1.165) is 23.5 Å². The Bertz CT molecular complexity index is 1300. The highest BCUT2D eigenvalue weighted by Gasteiger charge is 2.23. The van der Waals surface area contributed by atoms with Crippen molar-refractivity contribution in [1.82, 2.24) is 14.8 Å². The summed E-state index contributed by atoms with van der Waals surface area (Å²) < 4.78 is 58.2. The molecule has 1 aromatic carbocycles. The van der Waals surface area contributed by atoms with Gasteiger partial charge < -0.3 is 28.4 Å². The first-order valence-electron chi connectivity index (χ1n) is 11.2. The first-order valence-corrected chi connectivity index (χ1v) is 12.0. The highest BCUT2D eigenvalue weighted by Crippen LogP contribution is 2.29. The smallest absolute Gasteiger partial charge is 0.438 e. The van der Waals surface area contributed by atoms with Crippen molar-refractivity contribution in [2.75, 3.05) is 13.2 Å². The van der Waals surface area contributed by atoms with E-state index in [9.17, 15) is 23.2 Å². The Morgan fingerprint density at radius 1 is 0.947 bits per heavy atom. The number of hydrogen-bond donors (Lipinski definition) is 0. The maximum Gasteiger partial charge on any atom is 0.511 e. The minimum atomic E-state index is -1.25. The van der Waals surface area contributed by atoms with Crippen LogP contribution < -0.4 is 4.74 Å². The third kappa shape index (κ3) is 7.38. The molecule has 2 unspecified atom stereocenters. The van der Waals surface area contributed by atoms with E-state index in [4.69, 9.17) is 23.7 Å². The van der Waals surface area contributed by atoms with Crippen LogP contribution in [0.4, 0.5) is 18.4 Å². The zero-order chi connectivity index (χ0) is 27.8. The van der Waals surface area contributed by atoms with Crippen LogP contribution in [-0.4, -0.2) is 58.8 Å². The van der Waals surface area contributed by atoms with E-state index in [-0.39, 0.29) is 41.2 Å². The number of aromatic nitrogens is 3. The predicted octanol–water partition coefficient (Wildman–Crippen LogP) is 4.85. The zero-order valence-electron chi connectivity index (χ0n) is 20.6. The van der Waals surface area contributed by atoms with Gasteiger partial charge in [0.15, 0.2) is 17.3 Å². The number of carbonyl (C=O) groups excluding carboxylic acids is 3. The third-order valence-electron chi connectivity index (χ3n) is 4.38. The second-order valence-electron chi connectivity index (χ2n) is 7.18. The van der Waals surface area contributed by atoms with E-state index >= 15 is 0 Å². The Hall–Kier alpha value is -4.27. The first-order chi connectivity index (χ1) is 18.1. The van der Waals surface area contributed by atoms with Crippen molar-refractivity contribution >= 4 is 29.6 Å². The summed E-state index contributed by atoms with van der Waals surface area (Å²) >= 11 is 0.967. The number of benzene rings is 1. The molecule has 0 aliphatic carbocycles. The SMILES string of the molecule is CCOC(=O)OC(C)OC(=O)c1csc(-n2nc(-c3ccc(F)c(F)c3)cc2OC(C)OC(=O)OCC)n1. The van der Waals surface area contributed by atoms with Crippen molar-refractivity contribution in [2.45, 2.75) is 40.3 Å². The molecule has 0 N–H and O–H groups in total. The molecule has 0 saturated carbocycles. The van der Waals surface area contributed by atoms with Crippen LogP contribution in [0.25, 0.3) is 16.4 Å². The lowest BCUT2D eigenvalue weighted by Gasteiger charge is -2.14. The van der Waals surface area contributed by atoms with Crippen molar-refractivity contribution in [3.05, 3.63) is 47.0 Å². The van der Waals surface area contributed by atoms with Gasteiger partial charge in [-0.25, -0.2) is 28.1 Å². The van der Waals surface area contributed by atoms with Gasteiger partial charge in [-0.3, -0.25) is 0 Å². The van der Waals surface area contributed by atoms with Gasteiger partial charge >= 0.3 is 18.3 Å². The molecule has 15 heteroatoms. The van der Waals surface area contributed by atoms with Gasteiger partial charge in [-0.2, -0.15) is 9.78 Å². The largest absolute Gasteiger partial charge is 0.511 e. The summed E-state index contributed by atoms with van der Waals surface area (Å²) in [4.78, 5) is 39.7. The van der Waals surface area contributed by atoms with Gasteiger partial charge in [0.25, 0.3) is 0 Å². The average molecular weight is 556 g/mol. The van der Waals surface area contributed by atoms with Crippen molar-refractivity contribution in [2.24, 2.45) is 0 Å². The number of ether oxygens (including phenoxy) is 6. The van der Waals surface area contributed by atoms with Gasteiger partial charge in [-0.1, -0.05) is 0 Å². The third-order valence-corrected chi connectivity index (χ3v) is 5.20. The lowest BCUT2D eigenvalue weighted by molar-refractivity contribution is -0.0814. The molecule has 2 atom stereocenters. The molecular formula is C23H23F2N3O9S. The summed E-state index contributed by atoms with van der Waals surface area (Å²) in [5.41, 5.74) is 0.238. The summed E-state index contributed by atoms with van der Waals surface area (Å²) in [6, 6.07) is 4.57. The molecule has 0 aliphatic rings. The van der Waals surface area contributed by atoms with Crippen molar-refractivity contribution in [1.29, 1.82) is 0 Å². The van der Waals surface area contributed by atoms with E-state index in [1.807, 2.05) is 0 Å². The minimum Gasteiger partial charge on any atom is -0.438 e. The van der Waals surface area contributed by atoms with E-state index in [0.29, 0.717) is 0 Å². The molecule has 0 radical (unpaired) electrons. The van der Waals surface area contributed by atoms with Crippen LogP contribution in [0.2, 0.25) is 0 Å². The van der Waals surface area contributed by atoms with Crippen LogP contribution >= 0.6 is 11.3 Å². The standard InChI is InChI=1S/C23H23F2N3O9S/c1-5-32-22(30)36-12(3)34-19-10-17(14-7-8-15(24)16(25)9-14)27-28(19)21-26-18(11-38-21)20(29)35-13(4)37-23(31)33-6-2/h7-13H,5-6H2,1-4H3. The Kier molecular flexibility index (Phi) is 9.54. The van der Waals surface area contributed by atoms with Crippen LogP contribution in [-0.2, 0) is 23.7 Å². The number of carbonyl (C=O) groups is 3. The van der Waals surface area contributed by atoms with Crippen LogP contribution in [0.15, 0.2) is 29.6 Å². The lowest BCUT2D eigenvalue weighted by atomic mass is 10.1. The van der Waals surface area contributed by atoms with Gasteiger partial charge in [0.05, 0.1) is 18.9 Å². The average Bonchev–Trinajstić information content (AvgIpc) is 3.48. The maximum absolute atomic E-state index is 13.8. The van der Waals surface area contributed by atoms with Crippen molar-refractivity contribution in [3.63, 3.8) is 0 Å². The number of rotatable bonds is 10. The molecular weight excluding hydrogens is 532 g/mol. The number of hydrogen-bond acceptors (Lipinski definition) is 12. The highest BCUT2D eigenvalue weighted by atomic mass is 32.1. The molecule has 38 heavy (non-hydrogen) atoms. The number of halogens is 2. The highest BCUT2D eigenvalue weighted by molar-refractivity contribution is 7.12. The molecule has 0 fully saturated rings. The van der Waals surface area contributed by atoms with E-state index in [2.05, 4.69) is 14.8 Å². The van der Waals surface area contributed by atoms with Crippen LogP contribution in [0, 0.1) is 11.6 Å². The fourth-order valence-corrected chi connectivity index (χ4v) is 3.59. The van der Waals surface area contributed by atoms with Crippen molar-refractivity contribution in [3.8, 4) is 22.3 Å². The molecule has 3 aromatic rings. The summed E-state index contributed by atoms with van der Waals surface area (Å²) in [6.07, 6.45) is -4.37. The molecule has 2 heterocycles. The van der Waals surface area contributed by atoms with Crippen LogP contribution in [0.5, 0.6) is 5.88 Å². The summed E-state index contributed by atoms with van der Waals surface area (Å²) in [6.45, 7) is 6.10. The van der Waals surface area contributed by atoms with E-state index < -0.39 is 42.5 Å². The van der Waals surface area contributed by atoms with Gasteiger partial charge in [0.2, 0.25) is 23.6 Å². The zero-order valence-corrected chi connectivity index (χ0v) is 21.5. The van der Waals surface area contributed by atoms with Crippen LogP contribution in [0.1, 0.15) is 38.2 Å². The maximum atomic E-state index is 13.8. The Morgan fingerprint density at radius 2 is 1.61 bits per heavy atom. The quantitative estimate of drug-likeness (QED) is 0.193. The predicted molar refractivity (Wildman–Crippen MR) is 126 cm³/mol. The molecule has 0 amide bonds. The molecule has 12 nitrogen and oxygen atoms in total. The normalized spacial score (nSPS) is 12.3. The fourth-order valence-electron chi connectivity index (χ4n) is 2.84. The molecule has 0 spiro atoms. The summed E-state index contributed by atoms with van der Waals surface area (Å²) in [5.74, 6) is -3.03. The fraction of sp³-hybridized carbons (Fsp3) is 0.348. The number of thiazole rings is 1. The van der Waals surface area contributed by atoms with Gasteiger partial charge in [0.1, 0.15) is 0 Å². The summed E-state index contributed by atoms with van der Waals surface area (Å²) in [7, 11) is 0. The Morgan fingerprint density at radius 3 is 2.24 bits per heavy atom. The minimum absolute atomic E-state index is 0.00480. The monoisotopic (exact) mass is 555 g/mol. The summed E-state index contributed by atoms with van der Waals surface area (Å²) in [5, 5.41) is 5.80. The second kappa shape index (κ2) is 12.8. The van der Waals surface area contributed by atoms with Crippen LogP contribution in [0.3, 0.4) is 0 Å². The molecule has 0 saturated heterocycles. The van der Waals surface area contributed by atoms with Gasteiger partial charge in [-0.05, 0) is 32.0 Å². The number of nitrogens with zero attached hydrogens (tertiary/aromatic N) is 3. The van der Waals surface area contributed by atoms with Crippen molar-refractivity contribution < 1.29 is 51.6 Å². The van der Waals surface area contributed by atoms with Gasteiger partial charge in [-0.15, -0.1) is 11.3 Å². The lowest BCUT2D eigenvalue weighted by Crippen LogP contribution is -2.23. The van der Waals surface area contributed by atoms with E-state index in [1.54, 1.807) is 13.8 Å². The topological polar surface area (TPSA) is 137 Å². The molecule has 0 bridgehead atoms. The molecule has 0 aliphatic heterocycles.